The summed E-state index contributed by atoms with van der Waals surface area (Å²) in [4.78, 5) is 0. The summed E-state index contributed by atoms with van der Waals surface area (Å²) in [6, 6.07) is 0. The van der Waals surface area contributed by atoms with Crippen LogP contribution >= 0.6 is 8.25 Å². The zero-order valence-corrected chi connectivity index (χ0v) is 7.14. The average Bonchev–Trinajstić information content (AvgIpc) is 1.88. The van der Waals surface area contributed by atoms with Crippen molar-refractivity contribution < 1.29 is 13.6 Å². The first-order valence-electron chi connectivity index (χ1n) is 3.12. The minimum atomic E-state index is -1.99. The molecular weight excluding hydrogens is 151 g/mol. The Balaban J connectivity index is 3.46. The Morgan fingerprint density at radius 2 is 2.40 bits per heavy atom. The van der Waals surface area contributed by atoms with Crippen LogP contribution in [0.25, 0.3) is 0 Å². The van der Waals surface area contributed by atoms with E-state index >= 15 is 0 Å². The van der Waals surface area contributed by atoms with Crippen LogP contribution in [-0.4, -0.2) is 6.10 Å². The molecule has 0 aliphatic carbocycles. The Hall–Kier alpha value is -0.400. The molecule has 10 heavy (non-hydrogen) atoms. The second-order valence-electron chi connectivity index (χ2n) is 1.82. The maximum Gasteiger partial charge on any atom is 0.749 e. The predicted molar refractivity (Wildman–Crippen MR) is 39.7 cm³/mol. The van der Waals surface area contributed by atoms with E-state index in [1.165, 1.54) is 0 Å². The highest BCUT2D eigenvalue weighted by molar-refractivity contribution is 7.33. The van der Waals surface area contributed by atoms with Crippen molar-refractivity contribution >= 4 is 8.25 Å². The van der Waals surface area contributed by atoms with E-state index in [0.717, 1.165) is 12.7 Å². The third kappa shape index (κ3) is 4.48. The molecule has 0 saturated carbocycles. The lowest BCUT2D eigenvalue weighted by atomic mass is 10.3. The Labute approximate surface area is 62.0 Å². The van der Waals surface area contributed by atoms with E-state index < -0.39 is 8.25 Å². The average molecular weight is 163 g/mol. The highest BCUT2D eigenvalue weighted by Gasteiger charge is 2.22. The Morgan fingerprint density at radius 1 is 1.80 bits per heavy atom. The fraction of sp³-hybridized carbons (Fsp3) is 0.667. The zero-order valence-electron chi connectivity index (χ0n) is 6.24. The molecule has 0 aliphatic rings. The van der Waals surface area contributed by atoms with Crippen molar-refractivity contribution in [2.75, 3.05) is 0 Å². The SMILES string of the molecule is C=CO[P+](=O)OC(C)CC. The predicted octanol–water partition coefficient (Wildman–Crippen LogP) is 2.62. The molecule has 0 spiro atoms. The van der Waals surface area contributed by atoms with Crippen molar-refractivity contribution in [3.63, 3.8) is 0 Å². The molecule has 0 amide bonds. The van der Waals surface area contributed by atoms with Crippen LogP contribution in [0.3, 0.4) is 0 Å². The van der Waals surface area contributed by atoms with Crippen molar-refractivity contribution in [1.82, 2.24) is 0 Å². The summed E-state index contributed by atoms with van der Waals surface area (Å²) >= 11 is 0. The topological polar surface area (TPSA) is 35.5 Å². The third-order valence-electron chi connectivity index (χ3n) is 1.00. The van der Waals surface area contributed by atoms with Gasteiger partial charge in [-0.1, -0.05) is 13.5 Å². The fourth-order valence-corrected chi connectivity index (χ4v) is 0.921. The minimum absolute atomic E-state index is 0.0245. The molecule has 2 unspecified atom stereocenters. The lowest BCUT2D eigenvalue weighted by molar-refractivity contribution is 0.197. The van der Waals surface area contributed by atoms with Gasteiger partial charge < -0.3 is 0 Å². The maximum atomic E-state index is 10.6. The second kappa shape index (κ2) is 5.39. The van der Waals surface area contributed by atoms with E-state index in [2.05, 4.69) is 11.1 Å². The van der Waals surface area contributed by atoms with Crippen LogP contribution in [0.1, 0.15) is 20.3 Å². The van der Waals surface area contributed by atoms with Crippen LogP contribution in [0.15, 0.2) is 12.8 Å². The van der Waals surface area contributed by atoms with E-state index in [1.54, 1.807) is 0 Å². The van der Waals surface area contributed by atoms with Gasteiger partial charge in [-0.3, -0.25) is 0 Å². The van der Waals surface area contributed by atoms with E-state index in [9.17, 15) is 4.57 Å². The Bertz CT molecular complexity index is 124. The summed E-state index contributed by atoms with van der Waals surface area (Å²) < 4.78 is 20.0. The molecule has 4 heteroatoms. The minimum Gasteiger partial charge on any atom is -0.238 e. The molecule has 0 heterocycles. The van der Waals surface area contributed by atoms with Crippen molar-refractivity contribution in [2.45, 2.75) is 26.4 Å². The van der Waals surface area contributed by atoms with Gasteiger partial charge in [-0.15, -0.1) is 4.52 Å². The van der Waals surface area contributed by atoms with Crippen LogP contribution in [0.4, 0.5) is 0 Å². The molecule has 2 atom stereocenters. The van der Waals surface area contributed by atoms with Crippen molar-refractivity contribution in [2.24, 2.45) is 0 Å². The van der Waals surface area contributed by atoms with Gasteiger partial charge >= 0.3 is 8.25 Å². The highest BCUT2D eigenvalue weighted by atomic mass is 31.1. The Morgan fingerprint density at radius 3 is 2.80 bits per heavy atom. The van der Waals surface area contributed by atoms with Gasteiger partial charge in [0.1, 0.15) is 12.4 Å². The van der Waals surface area contributed by atoms with Crippen LogP contribution in [-0.2, 0) is 13.6 Å². The van der Waals surface area contributed by atoms with Gasteiger partial charge in [0.15, 0.2) is 0 Å². The normalized spacial score (nSPS) is 14.0. The fourth-order valence-electron chi connectivity index (χ4n) is 0.307. The number of hydrogen-bond acceptors (Lipinski definition) is 3. The first-order chi connectivity index (χ1) is 4.70. The third-order valence-corrected chi connectivity index (χ3v) is 1.85. The largest absolute Gasteiger partial charge is 0.749 e. The molecule has 0 saturated heterocycles. The molecule has 0 aliphatic heterocycles. The second-order valence-corrected chi connectivity index (χ2v) is 2.69. The summed E-state index contributed by atoms with van der Waals surface area (Å²) in [5.41, 5.74) is 0. The summed E-state index contributed by atoms with van der Waals surface area (Å²) in [7, 11) is -1.99. The molecular formula is C6H12O3P+. The van der Waals surface area contributed by atoms with E-state index in [1.807, 2.05) is 13.8 Å². The molecule has 0 N–H and O–H groups in total. The van der Waals surface area contributed by atoms with Crippen LogP contribution in [0, 0.1) is 0 Å². The van der Waals surface area contributed by atoms with Gasteiger partial charge in [-0.05, 0) is 13.3 Å². The number of hydrogen-bond donors (Lipinski definition) is 0. The Kier molecular flexibility index (Phi) is 5.17. The standard InChI is InChI=1S/C6H12O3P/c1-4-6(3)9-10(7)8-5-2/h5-6H,2,4H2,1,3H3/q+1. The molecule has 0 rings (SSSR count). The molecule has 0 aromatic heterocycles. The van der Waals surface area contributed by atoms with E-state index in [4.69, 9.17) is 4.52 Å². The van der Waals surface area contributed by atoms with E-state index in [-0.39, 0.29) is 6.10 Å². The van der Waals surface area contributed by atoms with Crippen LogP contribution in [0.2, 0.25) is 0 Å². The molecule has 0 aromatic carbocycles. The quantitative estimate of drug-likeness (QED) is 0.461. The molecule has 3 nitrogen and oxygen atoms in total. The summed E-state index contributed by atoms with van der Waals surface area (Å²) in [5.74, 6) is 0. The first kappa shape index (κ1) is 9.60. The highest BCUT2D eigenvalue weighted by Crippen LogP contribution is 2.26. The summed E-state index contributed by atoms with van der Waals surface area (Å²) in [5, 5.41) is 0. The van der Waals surface area contributed by atoms with Gasteiger partial charge in [-0.2, -0.15) is 0 Å². The number of rotatable bonds is 5. The monoisotopic (exact) mass is 163 g/mol. The smallest absolute Gasteiger partial charge is 0.238 e. The maximum absolute atomic E-state index is 10.6. The molecule has 0 aromatic rings. The van der Waals surface area contributed by atoms with Gasteiger partial charge in [0.05, 0.1) is 0 Å². The summed E-state index contributed by atoms with van der Waals surface area (Å²) in [6.45, 7) is 7.03. The summed E-state index contributed by atoms with van der Waals surface area (Å²) in [6.07, 6.45) is 1.91. The lowest BCUT2D eigenvalue weighted by Gasteiger charge is -1.95. The van der Waals surface area contributed by atoms with Crippen molar-refractivity contribution in [3.05, 3.63) is 12.8 Å². The molecule has 0 bridgehead atoms. The van der Waals surface area contributed by atoms with E-state index in [0.29, 0.717) is 0 Å². The van der Waals surface area contributed by atoms with Crippen LogP contribution < -0.4 is 0 Å². The molecule has 58 valence electrons. The lowest BCUT2D eigenvalue weighted by Crippen LogP contribution is -1.99. The first-order valence-corrected chi connectivity index (χ1v) is 4.22. The van der Waals surface area contributed by atoms with Crippen molar-refractivity contribution in [1.29, 1.82) is 0 Å². The van der Waals surface area contributed by atoms with Gasteiger partial charge in [-0.25, -0.2) is 4.52 Å². The van der Waals surface area contributed by atoms with Gasteiger partial charge in [0, 0.05) is 4.57 Å². The molecule has 0 fully saturated rings. The molecule has 0 radical (unpaired) electrons. The van der Waals surface area contributed by atoms with Crippen LogP contribution in [0.5, 0.6) is 0 Å². The van der Waals surface area contributed by atoms with Crippen molar-refractivity contribution in [3.8, 4) is 0 Å². The van der Waals surface area contributed by atoms with Gasteiger partial charge in [0.25, 0.3) is 0 Å². The zero-order chi connectivity index (χ0) is 7.98. The van der Waals surface area contributed by atoms with Gasteiger partial charge in [0.2, 0.25) is 0 Å².